The third kappa shape index (κ3) is 3.35. The maximum atomic E-state index is 13.4. The second kappa shape index (κ2) is 7.07. The van der Waals surface area contributed by atoms with Crippen molar-refractivity contribution in [2.75, 3.05) is 20.6 Å². The van der Waals surface area contributed by atoms with Gasteiger partial charge in [-0.05, 0) is 62.7 Å². The van der Waals surface area contributed by atoms with Gasteiger partial charge in [0, 0.05) is 20.6 Å². The molecule has 8 nitrogen and oxygen atoms in total. The summed E-state index contributed by atoms with van der Waals surface area (Å²) >= 11 is 0. The number of carbonyl (C=O) groups excluding carboxylic acids is 2. The van der Waals surface area contributed by atoms with E-state index in [1.54, 1.807) is 7.05 Å². The minimum Gasteiger partial charge on any atom is -0.358 e. The van der Waals surface area contributed by atoms with E-state index >= 15 is 0 Å². The van der Waals surface area contributed by atoms with E-state index in [4.69, 9.17) is 0 Å². The van der Waals surface area contributed by atoms with Gasteiger partial charge in [-0.15, -0.1) is 5.10 Å². The van der Waals surface area contributed by atoms with Gasteiger partial charge in [-0.25, -0.2) is 4.68 Å². The lowest BCUT2D eigenvalue weighted by Crippen LogP contribution is -2.53. The van der Waals surface area contributed by atoms with Crippen molar-refractivity contribution in [3.8, 4) is 0 Å². The number of carbonyl (C=O) groups is 2. The highest BCUT2D eigenvalue weighted by molar-refractivity contribution is 5.83. The molecule has 1 aromatic rings. The lowest BCUT2D eigenvalue weighted by atomic mass is 9.49. The van der Waals surface area contributed by atoms with E-state index in [1.807, 2.05) is 22.8 Å². The van der Waals surface area contributed by atoms with Gasteiger partial charge in [-0.2, -0.15) is 0 Å². The van der Waals surface area contributed by atoms with Crippen LogP contribution in [0.2, 0.25) is 0 Å². The summed E-state index contributed by atoms with van der Waals surface area (Å²) in [5.74, 6) is 2.62. The molecule has 8 heteroatoms. The number of hydrogen-bond donors (Lipinski definition) is 2. The molecule has 4 saturated carbocycles. The Bertz CT molecular complexity index is 770. The Morgan fingerprint density at radius 1 is 1.21 bits per heavy atom. The molecule has 1 aliphatic heterocycles. The summed E-state index contributed by atoms with van der Waals surface area (Å²) in [6, 6.07) is -0.0688. The molecule has 4 aliphatic carbocycles. The van der Waals surface area contributed by atoms with Gasteiger partial charge in [-0.3, -0.25) is 9.59 Å². The van der Waals surface area contributed by atoms with Crippen LogP contribution in [0, 0.1) is 23.2 Å². The largest absolute Gasteiger partial charge is 0.358 e. The van der Waals surface area contributed by atoms with Gasteiger partial charge >= 0.3 is 0 Å². The average molecular weight is 401 g/mol. The van der Waals surface area contributed by atoms with Crippen molar-refractivity contribution in [1.29, 1.82) is 0 Å². The van der Waals surface area contributed by atoms with Gasteiger partial charge in [-0.1, -0.05) is 5.21 Å². The second-order valence-electron chi connectivity index (χ2n) is 10.0. The van der Waals surface area contributed by atoms with Crippen LogP contribution in [0.15, 0.2) is 6.20 Å². The van der Waals surface area contributed by atoms with Crippen LogP contribution in [0.3, 0.4) is 0 Å². The van der Waals surface area contributed by atoms with Crippen molar-refractivity contribution >= 4 is 11.8 Å². The van der Waals surface area contributed by atoms with Crippen molar-refractivity contribution in [2.24, 2.45) is 23.2 Å². The molecule has 1 aromatic heterocycles. The molecule has 158 valence electrons. The van der Waals surface area contributed by atoms with Crippen LogP contribution in [0.4, 0.5) is 0 Å². The van der Waals surface area contributed by atoms with Crippen LogP contribution in [0.5, 0.6) is 0 Å². The van der Waals surface area contributed by atoms with E-state index in [9.17, 15) is 9.59 Å². The number of nitrogens with zero attached hydrogens (tertiary/aromatic N) is 4. The van der Waals surface area contributed by atoms with E-state index in [1.165, 1.54) is 19.3 Å². The normalized spacial score (nSPS) is 37.7. The number of amides is 2. The summed E-state index contributed by atoms with van der Waals surface area (Å²) in [4.78, 5) is 27.1. The van der Waals surface area contributed by atoms with Gasteiger partial charge in [0.25, 0.3) is 0 Å². The Labute approximate surface area is 171 Å². The average Bonchev–Trinajstić information content (AvgIpc) is 3.35. The maximum Gasteiger partial charge on any atom is 0.236 e. The van der Waals surface area contributed by atoms with Gasteiger partial charge in [0.15, 0.2) is 0 Å². The zero-order chi connectivity index (χ0) is 20.2. The van der Waals surface area contributed by atoms with Crippen molar-refractivity contribution < 1.29 is 9.59 Å². The molecule has 1 saturated heterocycles. The van der Waals surface area contributed by atoms with E-state index < -0.39 is 0 Å². The molecule has 5 aliphatic rings. The molecule has 0 unspecified atom stereocenters. The third-order valence-corrected chi connectivity index (χ3v) is 7.84. The molecule has 6 rings (SSSR count). The second-order valence-corrected chi connectivity index (χ2v) is 10.0. The number of aromatic nitrogens is 3. The Kier molecular flexibility index (Phi) is 4.64. The monoisotopic (exact) mass is 400 g/mol. The first kappa shape index (κ1) is 19.0. The van der Waals surface area contributed by atoms with Gasteiger partial charge in [0.1, 0.15) is 5.69 Å². The Hall–Kier alpha value is -1.96. The SMILES string of the molecule is CNC(=O)[C@@H]1C[C@H](n2cc(CN(C)C(=O)C34CC5CC(CC(C5)C3)C4)nn2)CN1. The number of likely N-dealkylation sites (N-methyl/N-ethyl adjacent to an activating group) is 1. The van der Waals surface area contributed by atoms with E-state index in [2.05, 4.69) is 20.9 Å². The summed E-state index contributed by atoms with van der Waals surface area (Å²) in [5.41, 5.74) is 0.698. The minimum atomic E-state index is -0.182. The van der Waals surface area contributed by atoms with Crippen molar-refractivity contribution in [1.82, 2.24) is 30.5 Å². The third-order valence-electron chi connectivity index (χ3n) is 7.84. The lowest BCUT2D eigenvalue weighted by Gasteiger charge is -2.56. The summed E-state index contributed by atoms with van der Waals surface area (Å²) < 4.78 is 1.84. The van der Waals surface area contributed by atoms with Crippen LogP contribution >= 0.6 is 0 Å². The number of rotatable bonds is 5. The zero-order valence-electron chi connectivity index (χ0n) is 17.4. The highest BCUT2D eigenvalue weighted by Gasteiger charge is 2.55. The predicted octanol–water partition coefficient (Wildman–Crippen LogP) is 1.10. The fourth-order valence-electron chi connectivity index (χ4n) is 6.95. The molecule has 0 aromatic carbocycles. The molecule has 2 N–H and O–H groups in total. The minimum absolute atomic E-state index is 0.00809. The molecule has 4 bridgehead atoms. The molecule has 2 amide bonds. The van der Waals surface area contributed by atoms with Crippen molar-refractivity contribution in [3.05, 3.63) is 11.9 Å². The van der Waals surface area contributed by atoms with Crippen molar-refractivity contribution in [2.45, 2.75) is 63.6 Å². The fourth-order valence-corrected chi connectivity index (χ4v) is 6.95. The summed E-state index contributed by atoms with van der Waals surface area (Å²) in [5, 5.41) is 14.5. The van der Waals surface area contributed by atoms with Crippen LogP contribution in [-0.2, 0) is 16.1 Å². The van der Waals surface area contributed by atoms with E-state index in [0.717, 1.165) is 42.7 Å². The standard InChI is InChI=1S/C21H32N6O2/c1-22-19(28)18-6-17(10-23-18)27-12-16(24-25-27)11-26(2)20(29)21-7-13-3-14(8-21)5-15(4-13)9-21/h12-15,17-18,23H,3-11H2,1-2H3,(H,22,28)/t13?,14?,15?,17-,18-,21?/m0/s1. The lowest BCUT2D eigenvalue weighted by molar-refractivity contribution is -0.156. The van der Waals surface area contributed by atoms with Crippen molar-refractivity contribution in [3.63, 3.8) is 0 Å². The van der Waals surface area contributed by atoms with Crippen LogP contribution in [0.1, 0.15) is 56.7 Å². The Balaban J connectivity index is 1.22. The summed E-state index contributed by atoms with van der Waals surface area (Å²) in [7, 11) is 3.57. The van der Waals surface area contributed by atoms with E-state index in [-0.39, 0.29) is 23.4 Å². The smallest absolute Gasteiger partial charge is 0.236 e. The summed E-state index contributed by atoms with van der Waals surface area (Å²) in [6.07, 6.45) is 9.92. The molecule has 5 fully saturated rings. The van der Waals surface area contributed by atoms with Crippen LogP contribution in [0.25, 0.3) is 0 Å². The fraction of sp³-hybridized carbons (Fsp3) is 0.810. The molecule has 0 spiro atoms. The molecule has 29 heavy (non-hydrogen) atoms. The number of nitrogens with one attached hydrogen (secondary N) is 2. The summed E-state index contributed by atoms with van der Waals surface area (Å²) in [6.45, 7) is 1.20. The molecular formula is C21H32N6O2. The predicted molar refractivity (Wildman–Crippen MR) is 107 cm³/mol. The number of hydrogen-bond acceptors (Lipinski definition) is 5. The highest BCUT2D eigenvalue weighted by atomic mass is 16.2. The Morgan fingerprint density at radius 3 is 2.48 bits per heavy atom. The van der Waals surface area contributed by atoms with Gasteiger partial charge in [0.05, 0.1) is 30.2 Å². The van der Waals surface area contributed by atoms with Gasteiger partial charge in [0.2, 0.25) is 11.8 Å². The van der Waals surface area contributed by atoms with E-state index in [0.29, 0.717) is 25.4 Å². The Morgan fingerprint density at radius 2 is 1.86 bits per heavy atom. The maximum absolute atomic E-state index is 13.4. The first-order valence-electron chi connectivity index (χ1n) is 11.1. The molecule has 2 atom stereocenters. The quantitative estimate of drug-likeness (QED) is 0.772. The molecular weight excluding hydrogens is 368 g/mol. The van der Waals surface area contributed by atoms with Gasteiger partial charge < -0.3 is 15.5 Å². The first-order valence-corrected chi connectivity index (χ1v) is 11.1. The molecule has 2 heterocycles. The topological polar surface area (TPSA) is 92.2 Å². The first-order chi connectivity index (χ1) is 14.0. The molecule has 0 radical (unpaired) electrons. The highest BCUT2D eigenvalue weighted by Crippen LogP contribution is 2.60. The van der Waals surface area contributed by atoms with Crippen LogP contribution in [-0.4, -0.2) is 58.4 Å². The van der Waals surface area contributed by atoms with Crippen LogP contribution < -0.4 is 10.6 Å². The zero-order valence-corrected chi connectivity index (χ0v) is 17.4.